The number of nitrogens with zero attached hydrogens (tertiary/aromatic N) is 2. The highest BCUT2D eigenvalue weighted by molar-refractivity contribution is 6.01. The Bertz CT molecular complexity index is 1210. The van der Waals surface area contributed by atoms with Crippen molar-refractivity contribution in [2.75, 3.05) is 5.32 Å². The maximum Gasteiger partial charge on any atom is 0.269 e. The van der Waals surface area contributed by atoms with Crippen molar-refractivity contribution < 1.29 is 9.72 Å². The lowest BCUT2D eigenvalue weighted by atomic mass is 9.75. The number of nitro benzene ring substituents is 1. The molecule has 156 valence electrons. The molecule has 2 aliphatic rings. The number of ketones is 1. The van der Waals surface area contributed by atoms with Crippen molar-refractivity contribution in [2.45, 2.75) is 38.5 Å². The van der Waals surface area contributed by atoms with Crippen molar-refractivity contribution in [1.82, 2.24) is 10.2 Å². The van der Waals surface area contributed by atoms with Gasteiger partial charge in [-0.2, -0.15) is 5.10 Å². The standard InChI is InChI=1S/C24H22N4O3/c1-2-14-6-8-15(9-7-14)20-21-18(4-3-5-19(21)29)25-24-22(20)23(26-27-24)16-10-12-17(13-11-16)28(30)31/h6-13,20H,2-5H2,1H3,(H2,25,26,27). The second kappa shape index (κ2) is 7.50. The molecule has 0 fully saturated rings. The Morgan fingerprint density at radius 2 is 1.84 bits per heavy atom. The average Bonchev–Trinajstić information content (AvgIpc) is 3.21. The molecule has 0 spiro atoms. The van der Waals surface area contributed by atoms with Crippen molar-refractivity contribution >= 4 is 17.3 Å². The van der Waals surface area contributed by atoms with E-state index in [9.17, 15) is 14.9 Å². The van der Waals surface area contributed by atoms with Gasteiger partial charge in [0.1, 0.15) is 0 Å². The van der Waals surface area contributed by atoms with Crippen LogP contribution in [0.25, 0.3) is 11.3 Å². The molecule has 2 aromatic carbocycles. The van der Waals surface area contributed by atoms with Crippen LogP contribution >= 0.6 is 0 Å². The minimum Gasteiger partial charge on any atom is -0.342 e. The van der Waals surface area contributed by atoms with Gasteiger partial charge in [-0.05, 0) is 42.5 Å². The van der Waals surface area contributed by atoms with Crippen LogP contribution in [0.3, 0.4) is 0 Å². The number of nitrogens with one attached hydrogen (secondary N) is 2. The number of fused-ring (bicyclic) bond motifs is 1. The van der Waals surface area contributed by atoms with Crippen LogP contribution in [-0.4, -0.2) is 20.9 Å². The summed E-state index contributed by atoms with van der Waals surface area (Å²) in [5.74, 6) is 0.653. The zero-order valence-electron chi connectivity index (χ0n) is 17.1. The second-order valence-electron chi connectivity index (χ2n) is 7.99. The van der Waals surface area contributed by atoms with E-state index in [0.717, 1.165) is 52.9 Å². The summed E-state index contributed by atoms with van der Waals surface area (Å²) in [6, 6.07) is 14.8. The van der Waals surface area contributed by atoms with Crippen LogP contribution in [0.2, 0.25) is 0 Å². The Morgan fingerprint density at radius 3 is 2.52 bits per heavy atom. The highest BCUT2D eigenvalue weighted by Crippen LogP contribution is 2.48. The first-order chi connectivity index (χ1) is 15.1. The van der Waals surface area contributed by atoms with Gasteiger partial charge in [0.05, 0.1) is 10.6 Å². The molecule has 1 aromatic heterocycles. The van der Waals surface area contributed by atoms with Crippen LogP contribution in [0.15, 0.2) is 59.8 Å². The molecule has 2 heterocycles. The van der Waals surface area contributed by atoms with Crippen LogP contribution in [0.1, 0.15) is 48.8 Å². The number of nitro groups is 1. The summed E-state index contributed by atoms with van der Waals surface area (Å²) in [6.07, 6.45) is 3.15. The summed E-state index contributed by atoms with van der Waals surface area (Å²) in [5.41, 5.74) is 6.57. The molecule has 7 heteroatoms. The number of anilines is 1. The summed E-state index contributed by atoms with van der Waals surface area (Å²) < 4.78 is 0. The van der Waals surface area contributed by atoms with E-state index in [4.69, 9.17) is 0 Å². The van der Waals surface area contributed by atoms with Gasteiger partial charge in [0.15, 0.2) is 11.6 Å². The third kappa shape index (κ3) is 3.22. The molecule has 1 aliphatic carbocycles. The molecule has 0 bridgehead atoms. The van der Waals surface area contributed by atoms with Crippen LogP contribution in [-0.2, 0) is 11.2 Å². The predicted octanol–water partition coefficient (Wildman–Crippen LogP) is 5.11. The van der Waals surface area contributed by atoms with Gasteiger partial charge in [0.2, 0.25) is 0 Å². The van der Waals surface area contributed by atoms with Crippen molar-refractivity contribution in [3.8, 4) is 11.3 Å². The molecular formula is C24H22N4O3. The lowest BCUT2D eigenvalue weighted by molar-refractivity contribution is -0.384. The first-order valence-electron chi connectivity index (χ1n) is 10.5. The number of allylic oxidation sites excluding steroid dienone is 2. The van der Waals surface area contributed by atoms with E-state index in [1.807, 2.05) is 0 Å². The molecular weight excluding hydrogens is 392 g/mol. The first kappa shape index (κ1) is 19.2. The fraction of sp³-hybridized carbons (Fsp3) is 0.250. The molecule has 1 aliphatic heterocycles. The van der Waals surface area contributed by atoms with Crippen molar-refractivity contribution in [2.24, 2.45) is 0 Å². The zero-order valence-corrected chi connectivity index (χ0v) is 17.1. The molecule has 1 unspecified atom stereocenters. The summed E-state index contributed by atoms with van der Waals surface area (Å²) in [7, 11) is 0. The maximum atomic E-state index is 13.0. The number of rotatable bonds is 4. The number of aromatic amines is 1. The number of Topliss-reactive ketones (excluding diaryl/α,β-unsaturated/α-hetero) is 1. The third-order valence-electron chi connectivity index (χ3n) is 6.19. The van der Waals surface area contributed by atoms with E-state index in [2.05, 4.69) is 46.7 Å². The number of non-ortho nitro benzene ring substituents is 1. The molecule has 5 rings (SSSR count). The van der Waals surface area contributed by atoms with Gasteiger partial charge in [-0.1, -0.05) is 31.2 Å². The molecule has 2 N–H and O–H groups in total. The van der Waals surface area contributed by atoms with Gasteiger partial charge in [-0.3, -0.25) is 20.0 Å². The lowest BCUT2D eigenvalue weighted by Crippen LogP contribution is -2.26. The van der Waals surface area contributed by atoms with E-state index >= 15 is 0 Å². The van der Waals surface area contributed by atoms with Crippen molar-refractivity contribution in [3.63, 3.8) is 0 Å². The number of hydrogen-bond donors (Lipinski definition) is 2. The lowest BCUT2D eigenvalue weighted by Gasteiger charge is -2.32. The monoisotopic (exact) mass is 414 g/mol. The van der Waals surface area contributed by atoms with E-state index in [1.54, 1.807) is 12.1 Å². The molecule has 31 heavy (non-hydrogen) atoms. The number of carbonyl (C=O) groups excluding carboxylic acids is 1. The highest BCUT2D eigenvalue weighted by atomic mass is 16.6. The van der Waals surface area contributed by atoms with Crippen LogP contribution in [0.5, 0.6) is 0 Å². The first-order valence-corrected chi connectivity index (χ1v) is 10.5. The Balaban J connectivity index is 1.68. The Morgan fingerprint density at radius 1 is 1.10 bits per heavy atom. The summed E-state index contributed by atoms with van der Waals surface area (Å²) in [4.78, 5) is 23.7. The van der Waals surface area contributed by atoms with Crippen molar-refractivity contribution in [1.29, 1.82) is 0 Å². The number of H-pyrrole nitrogens is 1. The fourth-order valence-corrected chi connectivity index (χ4v) is 4.59. The fourth-order valence-electron chi connectivity index (χ4n) is 4.59. The van der Waals surface area contributed by atoms with Gasteiger partial charge in [0, 0.05) is 46.9 Å². The molecule has 1 atom stereocenters. The third-order valence-corrected chi connectivity index (χ3v) is 6.19. The average molecular weight is 414 g/mol. The van der Waals surface area contributed by atoms with Gasteiger partial charge >= 0.3 is 0 Å². The normalized spacial score (nSPS) is 17.7. The Kier molecular flexibility index (Phi) is 4.66. The quantitative estimate of drug-likeness (QED) is 0.456. The SMILES string of the molecule is CCc1ccc(C2C3=C(CCCC3=O)Nc3n[nH]c(-c4ccc([N+](=O)[O-])cc4)c32)cc1. The second-order valence-corrected chi connectivity index (χ2v) is 7.99. The van der Waals surface area contributed by atoms with E-state index in [0.29, 0.717) is 12.2 Å². The highest BCUT2D eigenvalue weighted by Gasteiger charge is 2.38. The van der Waals surface area contributed by atoms with E-state index < -0.39 is 4.92 Å². The minimum absolute atomic E-state index is 0.0365. The topological polar surface area (TPSA) is 101 Å². The minimum atomic E-state index is -0.413. The number of aryl methyl sites for hydroxylation is 1. The van der Waals surface area contributed by atoms with Gasteiger partial charge < -0.3 is 5.32 Å². The largest absolute Gasteiger partial charge is 0.342 e. The van der Waals surface area contributed by atoms with E-state index in [-0.39, 0.29) is 17.4 Å². The maximum absolute atomic E-state index is 13.0. The number of aromatic nitrogens is 2. The van der Waals surface area contributed by atoms with Crippen LogP contribution < -0.4 is 5.32 Å². The molecule has 0 saturated carbocycles. The van der Waals surface area contributed by atoms with Gasteiger partial charge in [0.25, 0.3) is 5.69 Å². The van der Waals surface area contributed by atoms with Gasteiger partial charge in [-0.15, -0.1) is 0 Å². The smallest absolute Gasteiger partial charge is 0.269 e. The van der Waals surface area contributed by atoms with Gasteiger partial charge in [-0.25, -0.2) is 0 Å². The molecule has 0 saturated heterocycles. The van der Waals surface area contributed by atoms with Crippen LogP contribution in [0.4, 0.5) is 11.5 Å². The molecule has 3 aromatic rings. The number of hydrogen-bond acceptors (Lipinski definition) is 5. The predicted molar refractivity (Wildman–Crippen MR) is 118 cm³/mol. The molecule has 0 radical (unpaired) electrons. The summed E-state index contributed by atoms with van der Waals surface area (Å²) >= 11 is 0. The zero-order chi connectivity index (χ0) is 21.5. The number of carbonyl (C=O) groups is 1. The van der Waals surface area contributed by atoms with Crippen LogP contribution in [0, 0.1) is 10.1 Å². The molecule has 0 amide bonds. The number of benzene rings is 2. The Hall–Kier alpha value is -3.74. The van der Waals surface area contributed by atoms with Crippen molar-refractivity contribution in [3.05, 3.63) is 86.6 Å². The summed E-state index contributed by atoms with van der Waals surface area (Å²) in [6.45, 7) is 2.12. The van der Waals surface area contributed by atoms with E-state index in [1.165, 1.54) is 17.7 Å². The Labute approximate surface area is 179 Å². The molecule has 7 nitrogen and oxygen atoms in total. The summed E-state index contributed by atoms with van der Waals surface area (Å²) in [5, 5.41) is 22.0.